The number of hydrogen-bond donors (Lipinski definition) is 1. The Bertz CT molecular complexity index is 614. The Morgan fingerprint density at radius 2 is 1.75 bits per heavy atom. The molecule has 0 aliphatic carbocycles. The zero-order valence-electron chi connectivity index (χ0n) is 11.3. The first-order valence-corrected chi connectivity index (χ1v) is 6.27. The molecule has 0 atom stereocenters. The summed E-state index contributed by atoms with van der Waals surface area (Å²) in [7, 11) is 0. The Balaban J connectivity index is 2.48. The first-order valence-electron chi connectivity index (χ1n) is 6.27. The number of benzene rings is 1. The van der Waals surface area contributed by atoms with Gasteiger partial charge >= 0.3 is 0 Å². The Labute approximate surface area is 115 Å². The number of nitrogen functional groups attached to an aromatic ring is 1. The first-order chi connectivity index (χ1) is 9.55. The molecule has 0 bridgehead atoms. The summed E-state index contributed by atoms with van der Waals surface area (Å²) in [4.78, 5) is 14.2. The van der Waals surface area contributed by atoms with Gasteiger partial charge in [0.2, 0.25) is 11.9 Å². The molecule has 0 unspecified atom stereocenters. The van der Waals surface area contributed by atoms with Crippen LogP contribution in [-0.4, -0.2) is 28.0 Å². The van der Waals surface area contributed by atoms with Crippen molar-refractivity contribution in [1.29, 1.82) is 0 Å². The van der Waals surface area contributed by atoms with Crippen LogP contribution in [0.3, 0.4) is 0 Å². The summed E-state index contributed by atoms with van der Waals surface area (Å²) in [6.45, 7) is 5.33. The Morgan fingerprint density at radius 1 is 1.05 bits per heavy atom. The van der Waals surface area contributed by atoms with Crippen molar-refractivity contribution in [3.05, 3.63) is 29.8 Å². The maximum Gasteiger partial charge on any atom is 0.230 e. The summed E-state index contributed by atoms with van der Waals surface area (Å²) in [6, 6.07) is 3.47. The minimum absolute atomic E-state index is 0.0432. The van der Waals surface area contributed by atoms with Crippen LogP contribution in [0.4, 0.5) is 20.7 Å². The van der Waals surface area contributed by atoms with E-state index in [1.54, 1.807) is 0 Å². The van der Waals surface area contributed by atoms with E-state index in [-0.39, 0.29) is 11.8 Å². The molecule has 0 aliphatic heterocycles. The number of nitrogens with zero attached hydrogens (tertiary/aromatic N) is 4. The Morgan fingerprint density at radius 3 is 2.35 bits per heavy atom. The average Bonchev–Trinajstić information content (AvgIpc) is 2.42. The molecule has 2 rings (SSSR count). The molecule has 0 saturated carbocycles. The molecular weight excluding hydrogens is 264 g/mol. The first kappa shape index (κ1) is 14.1. The highest BCUT2D eigenvalue weighted by atomic mass is 19.2. The van der Waals surface area contributed by atoms with E-state index in [2.05, 4.69) is 15.0 Å². The molecule has 1 aromatic heterocycles. The number of rotatable bonds is 4. The summed E-state index contributed by atoms with van der Waals surface area (Å²) < 4.78 is 26.2. The largest absolute Gasteiger partial charge is 0.368 e. The quantitative estimate of drug-likeness (QED) is 0.929. The third-order valence-corrected chi connectivity index (χ3v) is 2.86. The minimum Gasteiger partial charge on any atom is -0.368 e. The van der Waals surface area contributed by atoms with Gasteiger partial charge in [-0.15, -0.1) is 0 Å². The number of halogens is 2. The van der Waals surface area contributed by atoms with E-state index < -0.39 is 11.6 Å². The molecule has 1 aromatic carbocycles. The molecular formula is C13H15F2N5. The number of anilines is 2. The molecule has 1 heterocycles. The molecule has 0 radical (unpaired) electrons. The second kappa shape index (κ2) is 5.77. The van der Waals surface area contributed by atoms with Crippen LogP contribution in [0.25, 0.3) is 11.4 Å². The van der Waals surface area contributed by atoms with Gasteiger partial charge in [0.1, 0.15) is 0 Å². The van der Waals surface area contributed by atoms with Crippen molar-refractivity contribution in [3.8, 4) is 11.4 Å². The molecule has 2 N–H and O–H groups in total. The lowest BCUT2D eigenvalue weighted by Gasteiger charge is -2.18. The average molecular weight is 279 g/mol. The Hall–Kier alpha value is -2.31. The standard InChI is InChI=1S/C13H15F2N5/c1-3-20(4-2)13-18-11(17-12(16)19-13)8-5-6-9(14)10(15)7-8/h5-7H,3-4H2,1-2H3,(H2,16,17,18,19). The van der Waals surface area contributed by atoms with Crippen LogP contribution in [0, 0.1) is 11.6 Å². The van der Waals surface area contributed by atoms with Gasteiger partial charge in [-0.1, -0.05) is 0 Å². The summed E-state index contributed by atoms with van der Waals surface area (Å²) >= 11 is 0. The van der Waals surface area contributed by atoms with Gasteiger partial charge in [-0.2, -0.15) is 15.0 Å². The number of aromatic nitrogens is 3. The summed E-state index contributed by atoms with van der Waals surface area (Å²) in [5, 5.41) is 0. The van der Waals surface area contributed by atoms with Gasteiger partial charge in [0.25, 0.3) is 0 Å². The smallest absolute Gasteiger partial charge is 0.230 e. The molecule has 0 spiro atoms. The highest BCUT2D eigenvalue weighted by molar-refractivity contribution is 5.58. The molecule has 0 aliphatic rings. The fraction of sp³-hybridized carbons (Fsp3) is 0.308. The van der Waals surface area contributed by atoms with Gasteiger partial charge < -0.3 is 10.6 Å². The number of nitrogens with two attached hydrogens (primary N) is 1. The van der Waals surface area contributed by atoms with Gasteiger partial charge in [-0.25, -0.2) is 8.78 Å². The monoisotopic (exact) mass is 279 g/mol. The van der Waals surface area contributed by atoms with Crippen molar-refractivity contribution in [2.24, 2.45) is 0 Å². The van der Waals surface area contributed by atoms with E-state index >= 15 is 0 Å². The lowest BCUT2D eigenvalue weighted by Crippen LogP contribution is -2.25. The van der Waals surface area contributed by atoms with Gasteiger partial charge in [0, 0.05) is 18.7 Å². The summed E-state index contributed by atoms with van der Waals surface area (Å²) in [5.41, 5.74) is 6.01. The second-order valence-corrected chi connectivity index (χ2v) is 4.12. The van der Waals surface area contributed by atoms with E-state index in [1.807, 2.05) is 18.7 Å². The van der Waals surface area contributed by atoms with E-state index in [0.29, 0.717) is 24.6 Å². The van der Waals surface area contributed by atoms with Gasteiger partial charge in [-0.3, -0.25) is 0 Å². The maximum absolute atomic E-state index is 13.3. The third kappa shape index (κ3) is 2.81. The van der Waals surface area contributed by atoms with Crippen LogP contribution in [0.5, 0.6) is 0 Å². The van der Waals surface area contributed by atoms with Gasteiger partial charge in [-0.05, 0) is 32.0 Å². The summed E-state index contributed by atoms with van der Waals surface area (Å²) in [5.74, 6) is -1.19. The van der Waals surface area contributed by atoms with Crippen LogP contribution in [0.1, 0.15) is 13.8 Å². The molecule has 0 amide bonds. The van der Waals surface area contributed by atoms with Crippen molar-refractivity contribution in [1.82, 2.24) is 15.0 Å². The normalized spacial score (nSPS) is 10.6. The third-order valence-electron chi connectivity index (χ3n) is 2.86. The zero-order valence-corrected chi connectivity index (χ0v) is 11.3. The lowest BCUT2D eigenvalue weighted by molar-refractivity contribution is 0.509. The summed E-state index contributed by atoms with van der Waals surface area (Å²) in [6.07, 6.45) is 0. The van der Waals surface area contributed by atoms with Crippen LogP contribution in [-0.2, 0) is 0 Å². The van der Waals surface area contributed by atoms with Crippen LogP contribution < -0.4 is 10.6 Å². The van der Waals surface area contributed by atoms with Crippen LogP contribution in [0.15, 0.2) is 18.2 Å². The molecule has 5 nitrogen and oxygen atoms in total. The fourth-order valence-corrected chi connectivity index (χ4v) is 1.79. The lowest BCUT2D eigenvalue weighted by atomic mass is 10.2. The predicted octanol–water partition coefficient (Wildman–Crippen LogP) is 2.25. The minimum atomic E-state index is -0.953. The van der Waals surface area contributed by atoms with E-state index in [9.17, 15) is 8.78 Å². The van der Waals surface area contributed by atoms with Crippen molar-refractivity contribution in [3.63, 3.8) is 0 Å². The van der Waals surface area contributed by atoms with Crippen molar-refractivity contribution >= 4 is 11.9 Å². The van der Waals surface area contributed by atoms with Gasteiger partial charge in [0.05, 0.1) is 0 Å². The Kier molecular flexibility index (Phi) is 4.07. The zero-order chi connectivity index (χ0) is 14.7. The van der Waals surface area contributed by atoms with Crippen molar-refractivity contribution in [2.45, 2.75) is 13.8 Å². The van der Waals surface area contributed by atoms with Gasteiger partial charge in [0.15, 0.2) is 17.5 Å². The molecule has 20 heavy (non-hydrogen) atoms. The van der Waals surface area contributed by atoms with Crippen LogP contribution >= 0.6 is 0 Å². The SMILES string of the molecule is CCN(CC)c1nc(N)nc(-c2ccc(F)c(F)c2)n1. The highest BCUT2D eigenvalue weighted by Crippen LogP contribution is 2.20. The molecule has 0 saturated heterocycles. The number of hydrogen-bond acceptors (Lipinski definition) is 5. The van der Waals surface area contributed by atoms with E-state index in [0.717, 1.165) is 12.1 Å². The molecule has 106 valence electrons. The van der Waals surface area contributed by atoms with Crippen LogP contribution in [0.2, 0.25) is 0 Å². The maximum atomic E-state index is 13.3. The topological polar surface area (TPSA) is 67.9 Å². The molecule has 7 heteroatoms. The highest BCUT2D eigenvalue weighted by Gasteiger charge is 2.12. The van der Waals surface area contributed by atoms with Crippen molar-refractivity contribution < 1.29 is 8.78 Å². The predicted molar refractivity (Wildman–Crippen MR) is 73.2 cm³/mol. The molecule has 2 aromatic rings. The van der Waals surface area contributed by atoms with E-state index in [1.165, 1.54) is 6.07 Å². The van der Waals surface area contributed by atoms with Crippen molar-refractivity contribution in [2.75, 3.05) is 23.7 Å². The van der Waals surface area contributed by atoms with E-state index in [4.69, 9.17) is 5.73 Å². The second-order valence-electron chi connectivity index (χ2n) is 4.12. The fourth-order valence-electron chi connectivity index (χ4n) is 1.79. The molecule has 0 fully saturated rings.